The standard InChI is InChI=1S/C18H22N2O3S/c1-22-15-9-5-6-10-16(15)23-11-14-12-24-18(19-14)20-17(21)13-7-3-2-4-8-13/h5-6,9-10,12-13H,2-4,7-8,11H2,1H3,(H,19,20,21). The fraction of sp³-hybridized carbons (Fsp3) is 0.444. The number of nitrogens with one attached hydrogen (secondary N) is 1. The van der Waals surface area contributed by atoms with E-state index in [-0.39, 0.29) is 11.8 Å². The minimum atomic E-state index is 0.0984. The van der Waals surface area contributed by atoms with Crippen LogP contribution in [0.25, 0.3) is 0 Å². The number of rotatable bonds is 6. The van der Waals surface area contributed by atoms with Gasteiger partial charge in [0.2, 0.25) is 5.91 Å². The second-order valence-corrected chi connectivity index (χ2v) is 6.77. The molecule has 1 heterocycles. The minimum absolute atomic E-state index is 0.0984. The highest BCUT2D eigenvalue weighted by molar-refractivity contribution is 7.13. The van der Waals surface area contributed by atoms with E-state index in [2.05, 4.69) is 10.3 Å². The van der Waals surface area contributed by atoms with Crippen molar-refractivity contribution >= 4 is 22.4 Å². The van der Waals surface area contributed by atoms with Crippen molar-refractivity contribution in [3.63, 3.8) is 0 Å². The molecule has 0 radical (unpaired) electrons. The molecule has 24 heavy (non-hydrogen) atoms. The normalized spacial score (nSPS) is 15.0. The van der Waals surface area contributed by atoms with Crippen molar-refractivity contribution in [3.05, 3.63) is 35.3 Å². The summed E-state index contributed by atoms with van der Waals surface area (Å²) in [5.41, 5.74) is 0.796. The Morgan fingerprint density at radius 1 is 1.25 bits per heavy atom. The molecular weight excluding hydrogens is 324 g/mol. The number of thiazole rings is 1. The fourth-order valence-corrected chi connectivity index (χ4v) is 3.59. The summed E-state index contributed by atoms with van der Waals surface area (Å²) in [6, 6.07) is 7.51. The molecule has 1 aromatic carbocycles. The summed E-state index contributed by atoms with van der Waals surface area (Å²) >= 11 is 1.43. The van der Waals surface area contributed by atoms with Gasteiger partial charge in [-0.1, -0.05) is 31.4 Å². The van der Waals surface area contributed by atoms with Crippen molar-refractivity contribution in [3.8, 4) is 11.5 Å². The number of carbonyl (C=O) groups excluding carboxylic acids is 1. The van der Waals surface area contributed by atoms with Gasteiger partial charge in [-0.2, -0.15) is 0 Å². The quantitative estimate of drug-likeness (QED) is 0.849. The van der Waals surface area contributed by atoms with Gasteiger partial charge >= 0.3 is 0 Å². The lowest BCUT2D eigenvalue weighted by Crippen LogP contribution is -2.24. The lowest BCUT2D eigenvalue weighted by molar-refractivity contribution is -0.120. The topological polar surface area (TPSA) is 60.5 Å². The van der Waals surface area contributed by atoms with E-state index >= 15 is 0 Å². The molecule has 1 saturated carbocycles. The third-order valence-electron chi connectivity index (χ3n) is 4.20. The molecule has 6 heteroatoms. The summed E-state index contributed by atoms with van der Waals surface area (Å²) in [7, 11) is 1.62. The molecule has 5 nitrogen and oxygen atoms in total. The van der Waals surface area contributed by atoms with E-state index in [1.807, 2.05) is 29.6 Å². The van der Waals surface area contributed by atoms with Crippen molar-refractivity contribution in [1.82, 2.24) is 4.98 Å². The Bertz CT molecular complexity index is 680. The van der Waals surface area contributed by atoms with Crippen LogP contribution in [0.4, 0.5) is 5.13 Å². The maximum atomic E-state index is 12.2. The zero-order chi connectivity index (χ0) is 16.8. The predicted octanol–water partition coefficient (Wildman–Crippen LogP) is 4.25. The van der Waals surface area contributed by atoms with Crippen LogP contribution in [0, 0.1) is 5.92 Å². The number of benzene rings is 1. The van der Waals surface area contributed by atoms with Gasteiger partial charge in [0.15, 0.2) is 16.6 Å². The van der Waals surface area contributed by atoms with Crippen LogP contribution in [0.5, 0.6) is 11.5 Å². The lowest BCUT2D eigenvalue weighted by Gasteiger charge is -2.19. The molecule has 0 unspecified atom stereocenters. The van der Waals surface area contributed by atoms with Gasteiger partial charge in [-0.3, -0.25) is 4.79 Å². The molecule has 1 amide bonds. The number of hydrogen-bond donors (Lipinski definition) is 1. The van der Waals surface area contributed by atoms with Gasteiger partial charge < -0.3 is 14.8 Å². The molecule has 1 aliphatic rings. The summed E-state index contributed by atoms with van der Waals surface area (Å²) in [6.07, 6.45) is 5.51. The summed E-state index contributed by atoms with van der Waals surface area (Å²) in [6.45, 7) is 0.343. The van der Waals surface area contributed by atoms with Gasteiger partial charge in [0.25, 0.3) is 0 Å². The van der Waals surface area contributed by atoms with E-state index in [0.717, 1.165) is 31.4 Å². The molecule has 1 N–H and O–H groups in total. The number of carbonyl (C=O) groups is 1. The second-order valence-electron chi connectivity index (χ2n) is 5.91. The van der Waals surface area contributed by atoms with Crippen molar-refractivity contribution in [2.45, 2.75) is 38.7 Å². The third-order valence-corrected chi connectivity index (χ3v) is 5.01. The average molecular weight is 346 g/mol. The van der Waals surface area contributed by atoms with Gasteiger partial charge in [0.1, 0.15) is 6.61 Å². The number of para-hydroxylation sites is 2. The Morgan fingerprint density at radius 3 is 2.75 bits per heavy atom. The summed E-state index contributed by atoms with van der Waals surface area (Å²) < 4.78 is 11.0. The number of nitrogens with zero attached hydrogens (tertiary/aromatic N) is 1. The highest BCUT2D eigenvalue weighted by Crippen LogP contribution is 2.28. The Kier molecular flexibility index (Phi) is 5.69. The van der Waals surface area contributed by atoms with Crippen molar-refractivity contribution in [2.24, 2.45) is 5.92 Å². The molecule has 2 aromatic rings. The van der Waals surface area contributed by atoms with Crippen LogP contribution in [0.15, 0.2) is 29.6 Å². The number of methoxy groups -OCH3 is 1. The first-order valence-corrected chi connectivity index (χ1v) is 9.15. The Hall–Kier alpha value is -2.08. The van der Waals surface area contributed by atoms with E-state index in [1.165, 1.54) is 17.8 Å². The summed E-state index contributed by atoms with van der Waals surface area (Å²) in [5.74, 6) is 1.61. The van der Waals surface area contributed by atoms with Gasteiger partial charge in [0.05, 0.1) is 12.8 Å². The van der Waals surface area contributed by atoms with Crippen LogP contribution in [-0.4, -0.2) is 18.0 Å². The van der Waals surface area contributed by atoms with Crippen LogP contribution in [-0.2, 0) is 11.4 Å². The SMILES string of the molecule is COc1ccccc1OCc1csc(NC(=O)C2CCCCC2)n1. The van der Waals surface area contributed by atoms with Crippen LogP contribution in [0.3, 0.4) is 0 Å². The molecule has 0 saturated heterocycles. The van der Waals surface area contributed by atoms with Crippen molar-refractivity contribution in [2.75, 3.05) is 12.4 Å². The third kappa shape index (κ3) is 4.26. The number of hydrogen-bond acceptors (Lipinski definition) is 5. The van der Waals surface area contributed by atoms with Gasteiger partial charge in [0, 0.05) is 11.3 Å². The maximum absolute atomic E-state index is 12.2. The monoisotopic (exact) mass is 346 g/mol. The molecule has 0 spiro atoms. The Balaban J connectivity index is 1.54. The largest absolute Gasteiger partial charge is 0.493 e. The molecule has 1 fully saturated rings. The van der Waals surface area contributed by atoms with Crippen LogP contribution < -0.4 is 14.8 Å². The summed E-state index contributed by atoms with van der Waals surface area (Å²) in [4.78, 5) is 16.7. The molecule has 128 valence electrons. The number of amides is 1. The zero-order valence-electron chi connectivity index (χ0n) is 13.8. The van der Waals surface area contributed by atoms with Crippen LogP contribution >= 0.6 is 11.3 Å². The van der Waals surface area contributed by atoms with Gasteiger partial charge in [-0.25, -0.2) is 4.98 Å². The van der Waals surface area contributed by atoms with E-state index < -0.39 is 0 Å². The predicted molar refractivity (Wildman–Crippen MR) is 94.6 cm³/mol. The first-order valence-electron chi connectivity index (χ1n) is 8.27. The Morgan fingerprint density at radius 2 is 2.00 bits per heavy atom. The van der Waals surface area contributed by atoms with Gasteiger partial charge in [-0.05, 0) is 25.0 Å². The first-order chi connectivity index (χ1) is 11.8. The Labute approximate surface area is 146 Å². The highest BCUT2D eigenvalue weighted by Gasteiger charge is 2.21. The molecule has 1 aliphatic carbocycles. The minimum Gasteiger partial charge on any atom is -0.493 e. The van der Waals surface area contributed by atoms with E-state index in [9.17, 15) is 4.79 Å². The van der Waals surface area contributed by atoms with Gasteiger partial charge in [-0.15, -0.1) is 11.3 Å². The smallest absolute Gasteiger partial charge is 0.229 e. The van der Waals surface area contributed by atoms with E-state index in [0.29, 0.717) is 23.2 Å². The molecule has 3 rings (SSSR count). The fourth-order valence-electron chi connectivity index (χ4n) is 2.89. The molecule has 0 bridgehead atoms. The second kappa shape index (κ2) is 8.15. The van der Waals surface area contributed by atoms with Crippen LogP contribution in [0.2, 0.25) is 0 Å². The molecule has 0 aliphatic heterocycles. The highest BCUT2D eigenvalue weighted by atomic mass is 32.1. The first kappa shape index (κ1) is 16.8. The molecule has 1 aromatic heterocycles. The van der Waals surface area contributed by atoms with Crippen molar-refractivity contribution < 1.29 is 14.3 Å². The van der Waals surface area contributed by atoms with E-state index in [1.54, 1.807) is 7.11 Å². The average Bonchev–Trinajstić information content (AvgIpc) is 3.08. The number of anilines is 1. The number of aromatic nitrogens is 1. The lowest BCUT2D eigenvalue weighted by atomic mass is 9.89. The van der Waals surface area contributed by atoms with Crippen molar-refractivity contribution in [1.29, 1.82) is 0 Å². The van der Waals surface area contributed by atoms with Crippen LogP contribution in [0.1, 0.15) is 37.8 Å². The summed E-state index contributed by atoms with van der Waals surface area (Å²) in [5, 5.41) is 5.49. The molecular formula is C18H22N2O3S. The van der Waals surface area contributed by atoms with E-state index in [4.69, 9.17) is 9.47 Å². The molecule has 0 atom stereocenters. The maximum Gasteiger partial charge on any atom is 0.229 e. The zero-order valence-corrected chi connectivity index (χ0v) is 14.6. The number of ether oxygens (including phenoxy) is 2.